The van der Waals surface area contributed by atoms with Crippen molar-refractivity contribution in [1.82, 2.24) is 4.90 Å². The van der Waals surface area contributed by atoms with Gasteiger partial charge < -0.3 is 14.4 Å². The molecule has 24 heavy (non-hydrogen) atoms. The Morgan fingerprint density at radius 1 is 1.08 bits per heavy atom. The van der Waals surface area contributed by atoms with Crippen LogP contribution in [-0.4, -0.2) is 55.7 Å². The number of carbonyl (C=O) groups excluding carboxylic acids is 1. The normalized spacial score (nSPS) is 37.0. The molecule has 4 nitrogen and oxygen atoms in total. The lowest BCUT2D eigenvalue weighted by molar-refractivity contribution is -0.139. The fourth-order valence-electron chi connectivity index (χ4n) is 5.94. The Morgan fingerprint density at radius 2 is 1.75 bits per heavy atom. The maximum atomic E-state index is 13.0. The van der Waals surface area contributed by atoms with Crippen molar-refractivity contribution in [2.24, 2.45) is 17.3 Å². The van der Waals surface area contributed by atoms with E-state index in [2.05, 4.69) is 15.9 Å². The van der Waals surface area contributed by atoms with E-state index in [1.54, 1.807) is 14.2 Å². The third-order valence-corrected chi connectivity index (χ3v) is 7.26. The fraction of sp³-hybridized carbons (Fsp3) is 0.947. The van der Waals surface area contributed by atoms with Crippen LogP contribution in [0.15, 0.2) is 0 Å². The quantitative estimate of drug-likeness (QED) is 0.437. The van der Waals surface area contributed by atoms with E-state index >= 15 is 0 Å². The topological polar surface area (TPSA) is 38.8 Å². The van der Waals surface area contributed by atoms with Gasteiger partial charge in [0, 0.05) is 44.7 Å². The average Bonchev–Trinajstić information content (AvgIpc) is 2.47. The van der Waals surface area contributed by atoms with Crippen molar-refractivity contribution in [3.05, 3.63) is 0 Å². The van der Waals surface area contributed by atoms with Gasteiger partial charge in [0.1, 0.15) is 0 Å². The van der Waals surface area contributed by atoms with E-state index in [0.717, 1.165) is 31.2 Å². The van der Waals surface area contributed by atoms with Crippen LogP contribution in [0, 0.1) is 17.3 Å². The summed E-state index contributed by atoms with van der Waals surface area (Å²) in [7, 11) is 3.41. The van der Waals surface area contributed by atoms with Crippen molar-refractivity contribution in [3.8, 4) is 0 Å². The van der Waals surface area contributed by atoms with Crippen LogP contribution in [0.5, 0.6) is 0 Å². The number of rotatable bonds is 9. The maximum absolute atomic E-state index is 13.0. The van der Waals surface area contributed by atoms with Gasteiger partial charge in [-0.05, 0) is 62.2 Å². The number of hydrogen-bond donors (Lipinski definition) is 0. The minimum Gasteiger partial charge on any atom is -0.385 e. The van der Waals surface area contributed by atoms with Gasteiger partial charge in [0.15, 0.2) is 0 Å². The number of amides is 1. The Kier molecular flexibility index (Phi) is 5.93. The van der Waals surface area contributed by atoms with E-state index in [0.29, 0.717) is 30.0 Å². The molecule has 0 aromatic heterocycles. The van der Waals surface area contributed by atoms with E-state index in [4.69, 9.17) is 9.47 Å². The summed E-state index contributed by atoms with van der Waals surface area (Å²) in [6.07, 6.45) is 9.37. The lowest BCUT2D eigenvalue weighted by Gasteiger charge is -2.60. The van der Waals surface area contributed by atoms with Crippen molar-refractivity contribution < 1.29 is 14.3 Å². The second kappa shape index (κ2) is 7.63. The SMILES string of the molecule is COCCCN(CCOC)C(=O)CC12CC3CC(CC(Br)(C3)C1)C2. The number of nitrogens with zero attached hydrogens (tertiary/aromatic N) is 1. The molecule has 0 N–H and O–H groups in total. The summed E-state index contributed by atoms with van der Waals surface area (Å²) >= 11 is 4.05. The van der Waals surface area contributed by atoms with Gasteiger partial charge in [-0.3, -0.25) is 4.79 Å². The number of hydrogen-bond acceptors (Lipinski definition) is 3. The molecule has 4 fully saturated rings. The molecule has 4 bridgehead atoms. The van der Waals surface area contributed by atoms with Crippen LogP contribution < -0.4 is 0 Å². The Bertz CT molecular complexity index is 442. The summed E-state index contributed by atoms with van der Waals surface area (Å²) in [6, 6.07) is 0. The third kappa shape index (κ3) is 4.16. The van der Waals surface area contributed by atoms with E-state index < -0.39 is 0 Å². The zero-order valence-corrected chi connectivity index (χ0v) is 16.8. The van der Waals surface area contributed by atoms with Crippen LogP contribution in [0.1, 0.15) is 51.4 Å². The van der Waals surface area contributed by atoms with Gasteiger partial charge in [0.2, 0.25) is 5.91 Å². The third-order valence-electron chi connectivity index (χ3n) is 6.33. The first-order valence-corrected chi connectivity index (χ1v) is 10.2. The molecule has 2 unspecified atom stereocenters. The van der Waals surface area contributed by atoms with Crippen molar-refractivity contribution in [1.29, 1.82) is 0 Å². The second-order valence-corrected chi connectivity index (χ2v) is 10.2. The lowest BCUT2D eigenvalue weighted by atomic mass is 9.48. The molecule has 4 saturated carbocycles. The molecular formula is C19H32BrNO3. The highest BCUT2D eigenvalue weighted by Crippen LogP contribution is 2.65. The van der Waals surface area contributed by atoms with Crippen LogP contribution in [0.4, 0.5) is 0 Å². The highest BCUT2D eigenvalue weighted by Gasteiger charge is 2.57. The number of ether oxygens (including phenoxy) is 2. The van der Waals surface area contributed by atoms with Crippen molar-refractivity contribution >= 4 is 21.8 Å². The molecule has 4 rings (SSSR count). The van der Waals surface area contributed by atoms with Crippen molar-refractivity contribution in [2.45, 2.75) is 55.7 Å². The Balaban J connectivity index is 1.63. The summed E-state index contributed by atoms with van der Waals surface area (Å²) in [5.74, 6) is 1.99. The first kappa shape index (κ1) is 18.7. The number of carbonyl (C=O) groups is 1. The van der Waals surface area contributed by atoms with Gasteiger partial charge in [-0.2, -0.15) is 0 Å². The van der Waals surface area contributed by atoms with E-state index in [9.17, 15) is 4.79 Å². The van der Waals surface area contributed by atoms with E-state index in [1.165, 1.54) is 38.5 Å². The van der Waals surface area contributed by atoms with E-state index in [-0.39, 0.29) is 5.41 Å². The summed E-state index contributed by atoms with van der Waals surface area (Å²) in [5.41, 5.74) is 0.247. The highest BCUT2D eigenvalue weighted by atomic mass is 79.9. The molecule has 138 valence electrons. The zero-order chi connectivity index (χ0) is 17.2. The lowest BCUT2D eigenvalue weighted by Crippen LogP contribution is -2.54. The summed E-state index contributed by atoms with van der Waals surface area (Å²) in [5, 5.41) is 0. The van der Waals surface area contributed by atoms with Gasteiger partial charge in [0.25, 0.3) is 0 Å². The molecule has 0 aromatic carbocycles. The molecule has 0 spiro atoms. The van der Waals surface area contributed by atoms with Gasteiger partial charge >= 0.3 is 0 Å². The second-order valence-electron chi connectivity index (χ2n) is 8.51. The predicted octanol–water partition coefficient (Wildman–Crippen LogP) is 3.62. The summed E-state index contributed by atoms with van der Waals surface area (Å²) in [6.45, 7) is 2.79. The van der Waals surface area contributed by atoms with E-state index in [1.807, 2.05) is 4.90 Å². The largest absolute Gasteiger partial charge is 0.385 e. The molecule has 0 saturated heterocycles. The molecule has 0 aliphatic heterocycles. The first-order valence-electron chi connectivity index (χ1n) is 9.42. The van der Waals surface area contributed by atoms with Gasteiger partial charge in [-0.1, -0.05) is 15.9 Å². The average molecular weight is 402 g/mol. The molecule has 0 heterocycles. The molecule has 1 amide bonds. The zero-order valence-electron chi connectivity index (χ0n) is 15.2. The molecular weight excluding hydrogens is 370 g/mol. The minimum absolute atomic E-state index is 0.247. The fourth-order valence-corrected chi connectivity index (χ4v) is 7.45. The van der Waals surface area contributed by atoms with Crippen molar-refractivity contribution in [2.75, 3.05) is 40.5 Å². The smallest absolute Gasteiger partial charge is 0.223 e. The van der Waals surface area contributed by atoms with Crippen LogP contribution in [0.3, 0.4) is 0 Å². The van der Waals surface area contributed by atoms with Crippen molar-refractivity contribution in [3.63, 3.8) is 0 Å². The molecule has 4 aliphatic carbocycles. The molecule has 0 aromatic rings. The number of methoxy groups -OCH3 is 2. The van der Waals surface area contributed by atoms with Crippen LogP contribution in [0.2, 0.25) is 0 Å². The maximum Gasteiger partial charge on any atom is 0.223 e. The van der Waals surface area contributed by atoms with Gasteiger partial charge in [0.05, 0.1) is 6.61 Å². The molecule has 2 atom stereocenters. The number of halogens is 1. The molecule has 4 aliphatic rings. The van der Waals surface area contributed by atoms with Crippen LogP contribution in [-0.2, 0) is 14.3 Å². The van der Waals surface area contributed by atoms with Crippen LogP contribution in [0.25, 0.3) is 0 Å². The minimum atomic E-state index is 0.247. The Hall–Kier alpha value is -0.130. The Labute approximate surface area is 154 Å². The van der Waals surface area contributed by atoms with Gasteiger partial charge in [-0.15, -0.1) is 0 Å². The standard InChI is InChI=1S/C19H32BrNO3/c1-23-6-3-4-21(5-7-24-2)17(22)13-18-9-15-8-16(10-18)12-19(20,11-15)14-18/h15-16H,3-14H2,1-2H3. The Morgan fingerprint density at radius 3 is 2.33 bits per heavy atom. The van der Waals surface area contributed by atoms with Crippen LogP contribution >= 0.6 is 15.9 Å². The molecule has 5 heteroatoms. The first-order chi connectivity index (χ1) is 11.5. The molecule has 0 radical (unpaired) electrons. The van der Waals surface area contributed by atoms with Gasteiger partial charge in [-0.25, -0.2) is 0 Å². The highest BCUT2D eigenvalue weighted by molar-refractivity contribution is 9.10. The number of alkyl halides is 1. The predicted molar refractivity (Wildman–Crippen MR) is 98.3 cm³/mol. The summed E-state index contributed by atoms with van der Waals surface area (Å²) < 4.78 is 10.7. The summed E-state index contributed by atoms with van der Waals surface area (Å²) in [4.78, 5) is 15.0. The monoisotopic (exact) mass is 401 g/mol.